The average molecular weight is 463 g/mol. The summed E-state index contributed by atoms with van der Waals surface area (Å²) in [6.45, 7) is 3.45. The summed E-state index contributed by atoms with van der Waals surface area (Å²) in [5.74, 6) is -1.07. The number of carbonyl (C=O) groups excluding carboxylic acids is 3. The Morgan fingerprint density at radius 1 is 1.06 bits per heavy atom. The van der Waals surface area contributed by atoms with E-state index in [1.54, 1.807) is 31.2 Å². The highest BCUT2D eigenvalue weighted by Crippen LogP contribution is 2.46. The summed E-state index contributed by atoms with van der Waals surface area (Å²) in [6, 6.07) is 6.84. The van der Waals surface area contributed by atoms with Crippen LogP contribution in [0, 0.1) is 18.8 Å². The van der Waals surface area contributed by atoms with Crippen molar-refractivity contribution in [3.05, 3.63) is 63.2 Å². The average Bonchev–Trinajstić information content (AvgIpc) is 2.83. The van der Waals surface area contributed by atoms with Crippen molar-refractivity contribution in [1.82, 2.24) is 0 Å². The van der Waals surface area contributed by atoms with Crippen LogP contribution in [0.25, 0.3) is 0 Å². The molecule has 5 rings (SSSR count). The molecule has 3 aliphatic carbocycles. The molecule has 3 aliphatic rings. The summed E-state index contributed by atoms with van der Waals surface area (Å²) in [5.41, 5.74) is 2.73. The number of hydrogen-bond donors (Lipinski definition) is 2. The van der Waals surface area contributed by atoms with Crippen LogP contribution in [0.5, 0.6) is 5.75 Å². The first-order valence-corrected chi connectivity index (χ1v) is 12.2. The number of carbonyl (C=O) groups is 3. The first-order chi connectivity index (χ1) is 16.3. The van der Waals surface area contributed by atoms with Gasteiger partial charge in [-0.25, -0.2) is 0 Å². The van der Waals surface area contributed by atoms with Gasteiger partial charge in [0.15, 0.2) is 17.3 Å². The minimum atomic E-state index is -0.580. The molecular formula is C28H30O6. The molecule has 1 saturated carbocycles. The Balaban J connectivity index is 1.61. The lowest BCUT2D eigenvalue weighted by molar-refractivity contribution is -0.128. The van der Waals surface area contributed by atoms with Crippen LogP contribution in [-0.4, -0.2) is 40.3 Å². The molecule has 2 aromatic carbocycles. The number of phenols is 1. The predicted molar refractivity (Wildman–Crippen MR) is 125 cm³/mol. The molecule has 2 atom stereocenters. The Hall–Kier alpha value is -2.83. The second kappa shape index (κ2) is 8.75. The zero-order chi connectivity index (χ0) is 24.1. The quantitative estimate of drug-likeness (QED) is 0.602. The highest BCUT2D eigenvalue weighted by atomic mass is 16.5. The van der Waals surface area contributed by atoms with Crippen molar-refractivity contribution in [3.8, 4) is 5.75 Å². The Labute approximate surface area is 198 Å². The maximum absolute atomic E-state index is 13.5. The van der Waals surface area contributed by atoms with E-state index in [-0.39, 0.29) is 52.3 Å². The van der Waals surface area contributed by atoms with E-state index in [1.165, 1.54) is 0 Å². The number of Topliss-reactive ketones (excluding diaryl/α,β-unsaturated/α-hetero) is 1. The molecule has 34 heavy (non-hydrogen) atoms. The van der Waals surface area contributed by atoms with Crippen LogP contribution in [0.4, 0.5) is 0 Å². The molecular weight excluding hydrogens is 432 g/mol. The number of aliphatic hydroxyl groups is 1. The Morgan fingerprint density at radius 2 is 1.76 bits per heavy atom. The number of aromatic hydroxyl groups is 1. The van der Waals surface area contributed by atoms with Crippen molar-refractivity contribution in [3.63, 3.8) is 0 Å². The molecule has 0 heterocycles. The SMILES string of the molecule is Cc1cccc2c1C(=O)c1cc3c(c(O)c1C2=O)C[C@@H](C(=O)CO)C[C@@H]3OC1CCC(C)CC1. The summed E-state index contributed by atoms with van der Waals surface area (Å²) in [5, 5.41) is 20.8. The third-order valence-corrected chi connectivity index (χ3v) is 7.88. The highest BCUT2D eigenvalue weighted by molar-refractivity contribution is 6.30. The Kier molecular flexibility index (Phi) is 5.90. The van der Waals surface area contributed by atoms with Crippen molar-refractivity contribution in [2.75, 3.05) is 6.61 Å². The number of hydrogen-bond acceptors (Lipinski definition) is 6. The van der Waals surface area contributed by atoms with E-state index in [1.807, 2.05) is 0 Å². The van der Waals surface area contributed by atoms with Crippen molar-refractivity contribution < 1.29 is 29.3 Å². The van der Waals surface area contributed by atoms with Crippen LogP contribution in [0.3, 0.4) is 0 Å². The van der Waals surface area contributed by atoms with Crippen molar-refractivity contribution in [2.45, 2.75) is 64.6 Å². The van der Waals surface area contributed by atoms with Gasteiger partial charge < -0.3 is 14.9 Å². The fourth-order valence-electron chi connectivity index (χ4n) is 5.88. The van der Waals surface area contributed by atoms with Gasteiger partial charge in [-0.2, -0.15) is 0 Å². The standard InChI is InChI=1S/C28H30O6/c1-14-6-8-17(9-7-14)34-23-11-16(22(30)13-29)10-20-19(23)12-21-25(27(20)32)26(31)18-5-3-4-15(2)24(18)28(21)33/h3-5,12,14,16-17,23,29,32H,6-11,13H2,1-2H3/t14?,16-,17?,23+/m1/s1. The van der Waals surface area contributed by atoms with Gasteiger partial charge in [0.25, 0.3) is 0 Å². The van der Waals surface area contributed by atoms with Crippen LogP contribution in [-0.2, 0) is 16.0 Å². The molecule has 0 saturated heterocycles. The van der Waals surface area contributed by atoms with E-state index in [2.05, 4.69) is 6.92 Å². The number of rotatable bonds is 4. The van der Waals surface area contributed by atoms with Gasteiger partial charge in [0.05, 0.1) is 17.8 Å². The van der Waals surface area contributed by atoms with Gasteiger partial charge in [-0.15, -0.1) is 0 Å². The largest absolute Gasteiger partial charge is 0.507 e. The molecule has 0 spiro atoms. The lowest BCUT2D eigenvalue weighted by Crippen LogP contribution is -2.32. The van der Waals surface area contributed by atoms with Gasteiger partial charge in [0.2, 0.25) is 0 Å². The molecule has 2 N–H and O–H groups in total. The molecule has 0 unspecified atom stereocenters. The van der Waals surface area contributed by atoms with E-state index in [0.29, 0.717) is 29.0 Å². The molecule has 0 bridgehead atoms. The second-order valence-electron chi connectivity index (χ2n) is 10.1. The lowest BCUT2D eigenvalue weighted by Gasteiger charge is -2.36. The van der Waals surface area contributed by atoms with E-state index in [9.17, 15) is 24.6 Å². The first-order valence-electron chi connectivity index (χ1n) is 12.2. The van der Waals surface area contributed by atoms with Crippen molar-refractivity contribution >= 4 is 17.3 Å². The molecule has 178 valence electrons. The monoisotopic (exact) mass is 462 g/mol. The topological polar surface area (TPSA) is 101 Å². The number of benzene rings is 2. The van der Waals surface area contributed by atoms with Crippen molar-refractivity contribution in [1.29, 1.82) is 0 Å². The third kappa shape index (κ3) is 3.69. The summed E-state index contributed by atoms with van der Waals surface area (Å²) in [7, 11) is 0. The number of ketones is 3. The minimum Gasteiger partial charge on any atom is -0.507 e. The predicted octanol–water partition coefficient (Wildman–Crippen LogP) is 4.24. The van der Waals surface area contributed by atoms with Crippen molar-refractivity contribution in [2.24, 2.45) is 11.8 Å². The van der Waals surface area contributed by atoms with E-state index >= 15 is 0 Å². The highest BCUT2D eigenvalue weighted by Gasteiger charge is 2.40. The fraction of sp³-hybridized carbons (Fsp3) is 0.464. The normalized spacial score (nSPS) is 26.0. The molecule has 0 amide bonds. The maximum Gasteiger partial charge on any atom is 0.198 e. The Bertz CT molecular complexity index is 1190. The van der Waals surface area contributed by atoms with E-state index in [0.717, 1.165) is 31.2 Å². The third-order valence-electron chi connectivity index (χ3n) is 7.88. The van der Waals surface area contributed by atoms with Gasteiger partial charge in [0, 0.05) is 28.2 Å². The maximum atomic E-state index is 13.5. The summed E-state index contributed by atoms with van der Waals surface area (Å²) < 4.78 is 6.49. The van der Waals surface area contributed by atoms with Gasteiger partial charge in [-0.05, 0) is 68.6 Å². The molecule has 2 aromatic rings. The van der Waals surface area contributed by atoms with Crippen LogP contribution in [0.2, 0.25) is 0 Å². The van der Waals surface area contributed by atoms with Gasteiger partial charge >= 0.3 is 0 Å². The molecule has 0 aliphatic heterocycles. The smallest absolute Gasteiger partial charge is 0.198 e. The van der Waals surface area contributed by atoms with Gasteiger partial charge in [-0.3, -0.25) is 14.4 Å². The van der Waals surface area contributed by atoms with Crippen LogP contribution in [0.1, 0.15) is 93.7 Å². The fourth-order valence-corrected chi connectivity index (χ4v) is 5.88. The molecule has 6 nitrogen and oxygen atoms in total. The van der Waals surface area contributed by atoms with Gasteiger partial charge in [0.1, 0.15) is 12.4 Å². The lowest BCUT2D eigenvalue weighted by atomic mass is 9.74. The van der Waals surface area contributed by atoms with Crippen LogP contribution in [0.15, 0.2) is 24.3 Å². The van der Waals surface area contributed by atoms with E-state index in [4.69, 9.17) is 4.74 Å². The molecule has 0 radical (unpaired) electrons. The van der Waals surface area contributed by atoms with Crippen LogP contribution >= 0.6 is 0 Å². The summed E-state index contributed by atoms with van der Waals surface area (Å²) >= 11 is 0. The number of phenolic OH excluding ortho intramolecular Hbond substituents is 1. The number of aryl methyl sites for hydroxylation is 1. The number of aliphatic hydroxyl groups excluding tert-OH is 1. The molecule has 6 heteroatoms. The zero-order valence-electron chi connectivity index (χ0n) is 19.6. The van der Waals surface area contributed by atoms with Gasteiger partial charge in [-0.1, -0.05) is 25.1 Å². The molecule has 1 fully saturated rings. The second-order valence-corrected chi connectivity index (χ2v) is 10.1. The molecule has 0 aromatic heterocycles. The first kappa shape index (κ1) is 22.9. The Morgan fingerprint density at radius 3 is 2.47 bits per heavy atom. The minimum absolute atomic E-state index is 0.00388. The summed E-state index contributed by atoms with van der Waals surface area (Å²) in [6.07, 6.45) is 4.13. The van der Waals surface area contributed by atoms with Crippen LogP contribution < -0.4 is 0 Å². The zero-order valence-corrected chi connectivity index (χ0v) is 19.6. The number of ether oxygens (including phenoxy) is 1. The number of fused-ring (bicyclic) bond motifs is 3. The summed E-state index contributed by atoms with van der Waals surface area (Å²) in [4.78, 5) is 39.3. The van der Waals surface area contributed by atoms with E-state index < -0.39 is 18.6 Å².